The number of carbonyl (C=O) groups is 7. The molecule has 0 aliphatic carbocycles. The molecule has 4 aromatic carbocycles. The molecule has 0 bridgehead atoms. The minimum Gasteiger partial charge on any atom is -0.481 e. The van der Waals surface area contributed by atoms with Crippen LogP contribution in [0, 0.1) is 5.92 Å². The highest BCUT2D eigenvalue weighted by Crippen LogP contribution is 2.44. The molecule has 0 radical (unpaired) electrons. The number of benzene rings is 4. The zero-order chi connectivity index (χ0) is 53.3. The molecule has 0 fully saturated rings. The summed E-state index contributed by atoms with van der Waals surface area (Å²) >= 11 is 0. The summed E-state index contributed by atoms with van der Waals surface area (Å²) in [5.74, 6) is -5.04. The second-order valence-electron chi connectivity index (χ2n) is 16.7. The van der Waals surface area contributed by atoms with E-state index in [0.717, 1.165) is 23.5 Å². The van der Waals surface area contributed by atoms with Crippen LogP contribution in [0.2, 0.25) is 0 Å². The Hall–Kier alpha value is -7.48. The molecule has 21 heteroatoms. The van der Waals surface area contributed by atoms with E-state index < -0.39 is 74.7 Å². The molecule has 4 amide bonds. The molecule has 1 aromatic heterocycles. The van der Waals surface area contributed by atoms with E-state index in [2.05, 4.69) is 16.0 Å². The van der Waals surface area contributed by atoms with Crippen molar-refractivity contribution >= 4 is 49.7 Å². The van der Waals surface area contributed by atoms with Crippen LogP contribution in [0.15, 0.2) is 126 Å². The summed E-state index contributed by atoms with van der Waals surface area (Å²) in [6.45, 7) is 2.82. The fraction of sp³-hybridized carbons (Fsp3) is 0.340. The Morgan fingerprint density at radius 3 is 2.00 bits per heavy atom. The lowest BCUT2D eigenvalue weighted by atomic mass is 9.90. The van der Waals surface area contributed by atoms with E-state index in [1.165, 1.54) is 37.3 Å². The Kier molecular flexibility index (Phi) is 23.2. The van der Waals surface area contributed by atoms with E-state index in [1.54, 1.807) is 91.9 Å². The number of hydroxylamine groups is 2. The molecule has 1 heterocycles. The van der Waals surface area contributed by atoms with Crippen molar-refractivity contribution in [2.24, 2.45) is 5.92 Å². The summed E-state index contributed by atoms with van der Waals surface area (Å²) in [6, 6.07) is 31.3. The molecule has 0 saturated carbocycles. The Balaban J connectivity index is 1.24. The maximum Gasteiger partial charge on any atom is 0.474 e. The Bertz CT molecular complexity index is 2670. The van der Waals surface area contributed by atoms with Crippen LogP contribution >= 0.6 is 7.82 Å². The van der Waals surface area contributed by atoms with Gasteiger partial charge in [0.1, 0.15) is 36.5 Å². The normalized spacial score (nSPS) is 13.0. The topological polar surface area (TPSA) is 265 Å². The first kappa shape index (κ1) is 57.4. The number of hydrogen-bond donors (Lipinski definition) is 4. The fourth-order valence-electron chi connectivity index (χ4n) is 7.37. The quantitative estimate of drug-likeness (QED) is 0.00819. The number of ketones is 1. The predicted molar refractivity (Wildman–Crippen MR) is 267 cm³/mol. The zero-order valence-corrected chi connectivity index (χ0v) is 42.2. The van der Waals surface area contributed by atoms with Gasteiger partial charge in [0.05, 0.1) is 30.8 Å². The van der Waals surface area contributed by atoms with Crippen LogP contribution in [0.1, 0.15) is 96.9 Å². The monoisotopic (exact) mass is 1040 g/mol. The van der Waals surface area contributed by atoms with Crippen molar-refractivity contribution in [3.8, 4) is 17.1 Å². The van der Waals surface area contributed by atoms with Gasteiger partial charge in [-0.2, -0.15) is 0 Å². The predicted octanol–water partition coefficient (Wildman–Crippen LogP) is 7.35. The lowest BCUT2D eigenvalue weighted by Crippen LogP contribution is -2.48. The fourth-order valence-corrected chi connectivity index (χ4v) is 7.93. The molecular formula is C53H61N4O16P. The Morgan fingerprint density at radius 2 is 1.39 bits per heavy atom. The van der Waals surface area contributed by atoms with Crippen LogP contribution in [0.3, 0.4) is 0 Å². The van der Waals surface area contributed by atoms with Crippen LogP contribution in [0.4, 0.5) is 0 Å². The standard InChI is InChI=1S/C53H61N4O16P/c1-4-6-10-23-42(45(5-2)57(35-58)70-36-72-74(65,66)71-32-40-21-15-9-16-22-40)50(61)54-34-55-52(63)47-27-26-46(73-47)41-24-25-43(48(29-41)67-33-49(60)68-30-38-17-11-7-12-18-38)51(62)56-44(28-37(3)59)53(64)69-31-39-19-13-8-14-20-39/h7-9,11-22,24-27,29,35,42,44-45H,4-6,10,23,28,30-34,36H2,1-3H3,(H,54,61)(H,55,63)(H,56,62)(H,65,66)/t42-,44+,45-/m1/s1. The van der Waals surface area contributed by atoms with Crippen LogP contribution in [-0.4, -0.2) is 84.0 Å². The summed E-state index contributed by atoms with van der Waals surface area (Å²) in [5, 5.41) is 8.67. The molecule has 74 heavy (non-hydrogen) atoms. The second kappa shape index (κ2) is 29.9. The smallest absolute Gasteiger partial charge is 0.474 e. The molecule has 1 unspecified atom stereocenters. The number of nitrogens with zero attached hydrogens (tertiary/aromatic N) is 1. The number of unbranched alkanes of at least 4 members (excludes halogenated alkanes) is 2. The minimum atomic E-state index is -4.59. The number of ether oxygens (including phenoxy) is 3. The van der Waals surface area contributed by atoms with Gasteiger partial charge in [0, 0.05) is 12.0 Å². The number of carbonyl (C=O) groups excluding carboxylic acids is 7. The highest BCUT2D eigenvalue weighted by molar-refractivity contribution is 7.47. The lowest BCUT2D eigenvalue weighted by molar-refractivity contribution is -0.221. The lowest BCUT2D eigenvalue weighted by Gasteiger charge is -2.32. The van der Waals surface area contributed by atoms with Gasteiger partial charge >= 0.3 is 19.8 Å². The van der Waals surface area contributed by atoms with Crippen LogP contribution < -0.4 is 20.7 Å². The third-order valence-corrected chi connectivity index (χ3v) is 12.1. The van der Waals surface area contributed by atoms with Crippen molar-refractivity contribution in [2.75, 3.05) is 20.1 Å². The molecule has 4 N–H and O–H groups in total. The zero-order valence-electron chi connectivity index (χ0n) is 41.3. The number of phosphoric ester groups is 1. The summed E-state index contributed by atoms with van der Waals surface area (Å²) in [7, 11) is -4.59. The Morgan fingerprint density at radius 1 is 0.757 bits per heavy atom. The largest absolute Gasteiger partial charge is 0.481 e. The molecule has 0 saturated heterocycles. The first-order valence-corrected chi connectivity index (χ1v) is 25.3. The van der Waals surface area contributed by atoms with Crippen molar-refractivity contribution < 1.29 is 75.5 Å². The molecule has 20 nitrogen and oxygen atoms in total. The van der Waals surface area contributed by atoms with Crippen molar-refractivity contribution in [1.82, 2.24) is 21.0 Å². The van der Waals surface area contributed by atoms with E-state index in [1.807, 2.05) is 13.0 Å². The van der Waals surface area contributed by atoms with Crippen molar-refractivity contribution in [3.05, 3.63) is 149 Å². The summed E-state index contributed by atoms with van der Waals surface area (Å²) in [5.41, 5.74) is 2.24. The van der Waals surface area contributed by atoms with Gasteiger partial charge < -0.3 is 39.5 Å². The van der Waals surface area contributed by atoms with E-state index in [4.69, 9.17) is 32.5 Å². The molecule has 5 rings (SSSR count). The number of amides is 4. The maximum absolute atomic E-state index is 13.8. The number of furan rings is 1. The third-order valence-electron chi connectivity index (χ3n) is 11.2. The summed E-state index contributed by atoms with van der Waals surface area (Å²) < 4.78 is 45.0. The molecule has 0 aliphatic rings. The van der Waals surface area contributed by atoms with Crippen molar-refractivity contribution in [1.29, 1.82) is 0 Å². The molecular weight excluding hydrogens is 980 g/mol. The number of nitrogens with one attached hydrogen (secondary N) is 3. The minimum absolute atomic E-state index is 0.0394. The van der Waals surface area contributed by atoms with Crippen LogP contribution in [0.25, 0.3) is 11.3 Å². The van der Waals surface area contributed by atoms with Gasteiger partial charge in [0.15, 0.2) is 19.2 Å². The third kappa shape index (κ3) is 18.8. The highest BCUT2D eigenvalue weighted by atomic mass is 31.2. The number of rotatable bonds is 32. The van der Waals surface area contributed by atoms with Crippen LogP contribution in [-0.2, 0) is 71.7 Å². The van der Waals surface area contributed by atoms with E-state index >= 15 is 0 Å². The average molecular weight is 1040 g/mol. The van der Waals surface area contributed by atoms with Gasteiger partial charge in [0.25, 0.3) is 11.8 Å². The van der Waals surface area contributed by atoms with Gasteiger partial charge in [-0.25, -0.2) is 24.1 Å². The molecule has 4 atom stereocenters. The maximum atomic E-state index is 13.8. The summed E-state index contributed by atoms with van der Waals surface area (Å²) in [6.07, 6.45) is 2.81. The van der Waals surface area contributed by atoms with Crippen molar-refractivity contribution in [2.45, 2.75) is 91.2 Å². The van der Waals surface area contributed by atoms with Crippen molar-refractivity contribution in [3.63, 3.8) is 0 Å². The van der Waals surface area contributed by atoms with Gasteiger partial charge in [-0.15, -0.1) is 0 Å². The van der Waals surface area contributed by atoms with E-state index in [9.17, 15) is 43.0 Å². The molecule has 5 aromatic rings. The number of phosphoric acid groups is 1. The number of esters is 2. The number of Topliss-reactive ketones (excluding diaryl/α,β-unsaturated/α-hetero) is 1. The van der Waals surface area contributed by atoms with Gasteiger partial charge in [0.2, 0.25) is 12.3 Å². The SMILES string of the molecule is CCCCC[C@@H](C(=O)NCNC(=O)c1ccc(-c2ccc(C(=O)N[C@@H](CC(C)=O)C(=O)OCc3ccccc3)c(OCC(=O)OCc3ccccc3)c2)o1)[C@@H](CC)N(C=O)OCOP(=O)(O)OCc1ccccc1. The first-order chi connectivity index (χ1) is 35.7. The molecule has 0 spiro atoms. The number of hydrogen-bond acceptors (Lipinski definition) is 15. The molecule has 394 valence electrons. The highest BCUT2D eigenvalue weighted by Gasteiger charge is 2.33. The van der Waals surface area contributed by atoms with Gasteiger partial charge in [-0.3, -0.25) is 33.0 Å². The second-order valence-corrected chi connectivity index (χ2v) is 18.2. The van der Waals surface area contributed by atoms with E-state index in [0.29, 0.717) is 35.9 Å². The van der Waals surface area contributed by atoms with E-state index in [-0.39, 0.29) is 62.2 Å². The first-order valence-electron chi connectivity index (χ1n) is 23.9. The van der Waals surface area contributed by atoms with Gasteiger partial charge in [-0.05, 0) is 60.7 Å². The van der Waals surface area contributed by atoms with Gasteiger partial charge in [-0.1, -0.05) is 130 Å². The Labute approximate surface area is 428 Å². The average Bonchev–Trinajstić information content (AvgIpc) is 3.91. The summed E-state index contributed by atoms with van der Waals surface area (Å²) in [4.78, 5) is 107. The van der Waals surface area contributed by atoms with Crippen LogP contribution in [0.5, 0.6) is 5.75 Å². The molecule has 0 aliphatic heterocycles.